The van der Waals surface area contributed by atoms with Crippen LogP contribution in [0.5, 0.6) is 0 Å². The third-order valence-corrected chi connectivity index (χ3v) is 1.74. The molecule has 55 valence electrons. The second-order valence-electron chi connectivity index (χ2n) is 2.50. The van der Waals surface area contributed by atoms with Gasteiger partial charge in [0.2, 0.25) is 5.22 Å². The van der Waals surface area contributed by atoms with Crippen LogP contribution in [0.25, 0.3) is 11.0 Å². The molecule has 2 rings (SSSR count). The first-order valence-electron chi connectivity index (χ1n) is 3.34. The van der Waals surface area contributed by atoms with Crippen LogP contribution in [0.2, 0.25) is 5.22 Å². The molecule has 0 saturated heterocycles. The van der Waals surface area contributed by atoms with Crippen molar-refractivity contribution in [3.63, 3.8) is 0 Å². The molecule has 0 spiro atoms. The van der Waals surface area contributed by atoms with Crippen LogP contribution >= 0.6 is 11.6 Å². The van der Waals surface area contributed by atoms with Gasteiger partial charge in [-0.25, -0.2) is 0 Å². The quantitative estimate of drug-likeness (QED) is 0.584. The van der Waals surface area contributed by atoms with Gasteiger partial charge in [0.25, 0.3) is 0 Å². The zero-order valence-electron chi connectivity index (χ0n) is 6.02. The van der Waals surface area contributed by atoms with Crippen molar-refractivity contribution in [2.75, 3.05) is 0 Å². The molecule has 0 bridgehead atoms. The summed E-state index contributed by atoms with van der Waals surface area (Å²) in [7, 11) is 0. The van der Waals surface area contributed by atoms with E-state index in [1.54, 1.807) is 0 Å². The smallest absolute Gasteiger partial charge is 0.202 e. The predicted octanol–water partition coefficient (Wildman–Crippen LogP) is 3.19. The molecule has 2 heteroatoms. The lowest BCUT2D eigenvalue weighted by Crippen LogP contribution is -1.67. The Balaban J connectivity index is 2.82. The van der Waals surface area contributed by atoms with E-state index in [1.165, 1.54) is 0 Å². The van der Waals surface area contributed by atoms with Gasteiger partial charge in [-0.3, -0.25) is 0 Å². The predicted molar refractivity (Wildman–Crippen MR) is 44.8 cm³/mol. The maximum atomic E-state index is 5.61. The summed E-state index contributed by atoms with van der Waals surface area (Å²) in [5.74, 6) is 0. The van der Waals surface area contributed by atoms with Gasteiger partial charge in [-0.2, -0.15) is 0 Å². The lowest BCUT2D eigenvalue weighted by molar-refractivity contribution is 0.617. The Bertz CT molecular complexity index is 389. The number of halogens is 1. The van der Waals surface area contributed by atoms with Gasteiger partial charge < -0.3 is 4.42 Å². The summed E-state index contributed by atoms with van der Waals surface area (Å²) in [6.45, 7) is 2.01. The highest BCUT2D eigenvalue weighted by atomic mass is 35.5. The lowest BCUT2D eigenvalue weighted by atomic mass is 10.2. The summed E-state index contributed by atoms with van der Waals surface area (Å²) in [6, 6.07) is 8.78. The molecule has 0 N–H and O–H groups in total. The molecule has 0 aliphatic heterocycles. The molecule has 1 aromatic heterocycles. The van der Waals surface area contributed by atoms with Crippen molar-refractivity contribution in [3.05, 3.63) is 35.0 Å². The maximum absolute atomic E-state index is 5.61. The highest BCUT2D eigenvalue weighted by Crippen LogP contribution is 2.22. The maximum Gasteiger partial charge on any atom is 0.202 e. The average Bonchev–Trinajstić information content (AvgIpc) is 2.27. The van der Waals surface area contributed by atoms with Crippen molar-refractivity contribution in [2.24, 2.45) is 0 Å². The Labute approximate surface area is 69.6 Å². The Hall–Kier alpha value is -0.950. The molecule has 0 saturated carbocycles. The molecule has 1 nitrogen and oxygen atoms in total. The van der Waals surface area contributed by atoms with Gasteiger partial charge in [-0.1, -0.05) is 12.1 Å². The average molecular weight is 166 g/mol. The monoisotopic (exact) mass is 165 g/mol. The number of furan rings is 1. The molecule has 11 heavy (non-hydrogen) atoms. The standard InChI is InChI=1S/C9H6ClO/c1-6-2-3-7-5-9(10)11-8(7)4-6/h2-4H,1H3. The minimum atomic E-state index is 0.325. The first-order valence-corrected chi connectivity index (χ1v) is 3.71. The summed E-state index contributed by atoms with van der Waals surface area (Å²) in [4.78, 5) is 0. The van der Waals surface area contributed by atoms with Gasteiger partial charge in [0, 0.05) is 5.39 Å². The molecule has 0 aliphatic rings. The summed E-state index contributed by atoms with van der Waals surface area (Å²) in [5.41, 5.74) is 1.96. The van der Waals surface area contributed by atoms with Crippen molar-refractivity contribution in [3.8, 4) is 0 Å². The molecule has 1 radical (unpaired) electrons. The third kappa shape index (κ3) is 1.12. The first kappa shape index (κ1) is 6.74. The van der Waals surface area contributed by atoms with E-state index in [0.29, 0.717) is 5.22 Å². The second kappa shape index (κ2) is 2.28. The van der Waals surface area contributed by atoms with Crippen molar-refractivity contribution >= 4 is 22.6 Å². The van der Waals surface area contributed by atoms with Gasteiger partial charge in [-0.05, 0) is 30.2 Å². The fourth-order valence-electron chi connectivity index (χ4n) is 1.05. The van der Waals surface area contributed by atoms with E-state index in [9.17, 15) is 0 Å². The Kier molecular flexibility index (Phi) is 1.40. The lowest BCUT2D eigenvalue weighted by Gasteiger charge is -1.88. The van der Waals surface area contributed by atoms with Crippen molar-refractivity contribution in [1.29, 1.82) is 0 Å². The zero-order chi connectivity index (χ0) is 7.84. The first-order chi connectivity index (χ1) is 5.25. The fraction of sp³-hybridized carbons (Fsp3) is 0.111. The van der Waals surface area contributed by atoms with E-state index < -0.39 is 0 Å². The molecule has 1 aromatic carbocycles. The van der Waals surface area contributed by atoms with Gasteiger partial charge in [0.05, 0.1) is 6.07 Å². The summed E-state index contributed by atoms with van der Waals surface area (Å²) < 4.78 is 5.16. The van der Waals surface area contributed by atoms with Crippen molar-refractivity contribution < 1.29 is 4.42 Å². The Morgan fingerprint density at radius 3 is 3.09 bits per heavy atom. The number of hydrogen-bond acceptors (Lipinski definition) is 1. The fourth-order valence-corrected chi connectivity index (χ4v) is 1.23. The molecular weight excluding hydrogens is 160 g/mol. The number of fused-ring (bicyclic) bond motifs is 1. The van der Waals surface area contributed by atoms with Crippen molar-refractivity contribution in [1.82, 2.24) is 0 Å². The SMILES string of the molecule is Cc1ccc2[c]c(Cl)oc2c1. The Morgan fingerprint density at radius 2 is 2.27 bits per heavy atom. The Morgan fingerprint density at radius 1 is 1.45 bits per heavy atom. The van der Waals surface area contributed by atoms with Gasteiger partial charge in [-0.15, -0.1) is 0 Å². The van der Waals surface area contributed by atoms with E-state index in [0.717, 1.165) is 16.5 Å². The van der Waals surface area contributed by atoms with Crippen LogP contribution in [0.4, 0.5) is 0 Å². The van der Waals surface area contributed by atoms with Crippen LogP contribution in [0.15, 0.2) is 22.6 Å². The van der Waals surface area contributed by atoms with Crippen LogP contribution in [0.1, 0.15) is 5.56 Å². The minimum absolute atomic E-state index is 0.325. The van der Waals surface area contributed by atoms with E-state index in [1.807, 2.05) is 25.1 Å². The highest BCUT2D eigenvalue weighted by molar-refractivity contribution is 6.29. The molecule has 1 heterocycles. The summed E-state index contributed by atoms with van der Waals surface area (Å²) >= 11 is 5.61. The zero-order valence-corrected chi connectivity index (χ0v) is 6.77. The third-order valence-electron chi connectivity index (χ3n) is 1.57. The van der Waals surface area contributed by atoms with Crippen molar-refractivity contribution in [2.45, 2.75) is 6.92 Å². The van der Waals surface area contributed by atoms with Crippen LogP contribution in [-0.2, 0) is 0 Å². The number of benzene rings is 1. The molecule has 0 atom stereocenters. The minimum Gasteiger partial charge on any atom is -0.444 e. The molecule has 0 aliphatic carbocycles. The van der Waals surface area contributed by atoms with E-state index in [4.69, 9.17) is 16.0 Å². The van der Waals surface area contributed by atoms with Crippen LogP contribution in [0.3, 0.4) is 0 Å². The van der Waals surface area contributed by atoms with E-state index in [-0.39, 0.29) is 0 Å². The normalized spacial score (nSPS) is 10.7. The molecule has 0 unspecified atom stereocenters. The topological polar surface area (TPSA) is 13.1 Å². The summed E-state index contributed by atoms with van der Waals surface area (Å²) in [6.07, 6.45) is 0. The summed E-state index contributed by atoms with van der Waals surface area (Å²) in [5, 5.41) is 1.26. The number of rotatable bonds is 0. The van der Waals surface area contributed by atoms with Gasteiger partial charge >= 0.3 is 0 Å². The molecule has 2 aromatic rings. The number of aryl methyl sites for hydroxylation is 1. The van der Waals surface area contributed by atoms with Crippen LogP contribution < -0.4 is 0 Å². The molecule has 0 fully saturated rings. The van der Waals surface area contributed by atoms with Gasteiger partial charge in [0.1, 0.15) is 5.58 Å². The van der Waals surface area contributed by atoms with Gasteiger partial charge in [0.15, 0.2) is 0 Å². The highest BCUT2D eigenvalue weighted by Gasteiger charge is 2.00. The van der Waals surface area contributed by atoms with Crippen LogP contribution in [0, 0.1) is 13.0 Å². The molecule has 0 amide bonds. The second-order valence-corrected chi connectivity index (χ2v) is 2.84. The van der Waals surface area contributed by atoms with E-state index in [2.05, 4.69) is 6.07 Å². The largest absolute Gasteiger partial charge is 0.444 e. The number of hydrogen-bond donors (Lipinski definition) is 0. The van der Waals surface area contributed by atoms with Crippen LogP contribution in [-0.4, -0.2) is 0 Å². The van der Waals surface area contributed by atoms with E-state index >= 15 is 0 Å². The molecular formula is C9H6ClO.